The van der Waals surface area contributed by atoms with E-state index in [0.29, 0.717) is 5.69 Å². The molecule has 5 heteroatoms. The van der Waals surface area contributed by atoms with E-state index in [9.17, 15) is 8.78 Å². The van der Waals surface area contributed by atoms with Crippen LogP contribution in [0.1, 0.15) is 11.3 Å². The lowest BCUT2D eigenvalue weighted by molar-refractivity contribution is 0.383. The van der Waals surface area contributed by atoms with Crippen molar-refractivity contribution >= 4 is 22.8 Å². The molecule has 3 rings (SSSR count). The minimum absolute atomic E-state index is 0.0376. The van der Waals surface area contributed by atoms with Gasteiger partial charge in [0.2, 0.25) is 0 Å². The summed E-state index contributed by atoms with van der Waals surface area (Å²) in [6, 6.07) is 11.3. The Labute approximate surface area is 132 Å². The van der Waals surface area contributed by atoms with Crippen LogP contribution in [0, 0.1) is 18.6 Å². The summed E-state index contributed by atoms with van der Waals surface area (Å²) in [5.74, 6) is -1.48. The largest absolute Gasteiger partial charge is 0.493 e. The molecule has 1 heterocycles. The number of hydrogen-bond acceptors (Lipinski definition) is 3. The van der Waals surface area contributed by atoms with E-state index < -0.39 is 11.6 Å². The van der Waals surface area contributed by atoms with E-state index in [0.717, 1.165) is 22.7 Å². The number of pyridine rings is 1. The first kappa shape index (κ1) is 15.1. The first-order chi connectivity index (χ1) is 11.1. The third kappa shape index (κ3) is 3.04. The lowest BCUT2D eigenvalue weighted by Crippen LogP contribution is -1.96. The first-order valence-corrected chi connectivity index (χ1v) is 7.02. The Hall–Kier alpha value is -2.82. The van der Waals surface area contributed by atoms with Gasteiger partial charge in [0.1, 0.15) is 5.82 Å². The maximum absolute atomic E-state index is 13.7. The minimum atomic E-state index is -0.760. The molecular weight excluding hydrogens is 298 g/mol. The number of methoxy groups -OCH3 is 1. The lowest BCUT2D eigenvalue weighted by Gasteiger charge is -2.06. The maximum Gasteiger partial charge on any atom is 0.168 e. The van der Waals surface area contributed by atoms with E-state index in [4.69, 9.17) is 4.74 Å². The summed E-state index contributed by atoms with van der Waals surface area (Å²) in [6.45, 7) is 1.91. The molecule has 0 aliphatic heterocycles. The molecule has 3 nitrogen and oxygen atoms in total. The van der Waals surface area contributed by atoms with Crippen molar-refractivity contribution in [1.82, 2.24) is 4.98 Å². The second-order valence-corrected chi connectivity index (χ2v) is 5.06. The van der Waals surface area contributed by atoms with Crippen LogP contribution in [0.2, 0.25) is 0 Å². The van der Waals surface area contributed by atoms with Crippen LogP contribution in [-0.2, 0) is 0 Å². The van der Waals surface area contributed by atoms with Gasteiger partial charge in [0.05, 0.1) is 18.3 Å². The number of hydrogen-bond donors (Lipinski definition) is 0. The molecule has 23 heavy (non-hydrogen) atoms. The van der Waals surface area contributed by atoms with Crippen LogP contribution >= 0.6 is 0 Å². The van der Waals surface area contributed by atoms with Gasteiger partial charge in [-0.15, -0.1) is 0 Å². The number of halogens is 2. The molecule has 0 unspecified atom stereocenters. The van der Waals surface area contributed by atoms with Crippen molar-refractivity contribution in [3.05, 3.63) is 65.4 Å². The zero-order valence-electron chi connectivity index (χ0n) is 12.7. The minimum Gasteiger partial charge on any atom is -0.493 e. The van der Waals surface area contributed by atoms with Gasteiger partial charge < -0.3 is 4.74 Å². The SMILES string of the molecule is COc1c(F)cc(F)cc1/C=N\c1cccc2nc(C)ccc12. The second-order valence-electron chi connectivity index (χ2n) is 5.06. The number of benzene rings is 2. The van der Waals surface area contributed by atoms with Crippen LogP contribution in [-0.4, -0.2) is 18.3 Å². The number of aryl methyl sites for hydroxylation is 1. The standard InChI is InChI=1S/C18H14F2N2O/c1-11-6-7-14-16(4-3-5-17(14)22-11)21-10-12-8-13(19)9-15(20)18(12)23-2/h3-10H,1-2H3/b21-10-. The average molecular weight is 312 g/mol. The Morgan fingerprint density at radius 2 is 1.96 bits per heavy atom. The molecule has 116 valence electrons. The number of rotatable bonds is 3. The van der Waals surface area contributed by atoms with Gasteiger partial charge in [-0.3, -0.25) is 9.98 Å². The van der Waals surface area contributed by atoms with Crippen LogP contribution in [0.25, 0.3) is 10.9 Å². The van der Waals surface area contributed by atoms with E-state index in [-0.39, 0.29) is 11.3 Å². The highest BCUT2D eigenvalue weighted by Gasteiger charge is 2.10. The summed E-state index contributed by atoms with van der Waals surface area (Å²) < 4.78 is 32.1. The van der Waals surface area contributed by atoms with Crippen molar-refractivity contribution in [3.63, 3.8) is 0 Å². The van der Waals surface area contributed by atoms with Crippen molar-refractivity contribution in [2.75, 3.05) is 7.11 Å². The summed E-state index contributed by atoms with van der Waals surface area (Å²) in [7, 11) is 1.33. The summed E-state index contributed by atoms with van der Waals surface area (Å²) in [4.78, 5) is 8.78. The molecule has 0 fully saturated rings. The van der Waals surface area contributed by atoms with Crippen molar-refractivity contribution in [1.29, 1.82) is 0 Å². The van der Waals surface area contributed by atoms with Crippen LogP contribution in [0.15, 0.2) is 47.5 Å². The summed E-state index contributed by atoms with van der Waals surface area (Å²) in [6.07, 6.45) is 1.39. The Morgan fingerprint density at radius 1 is 1.13 bits per heavy atom. The zero-order valence-corrected chi connectivity index (χ0v) is 12.7. The van der Waals surface area contributed by atoms with Gasteiger partial charge in [-0.25, -0.2) is 8.78 Å². The van der Waals surface area contributed by atoms with E-state index in [1.54, 1.807) is 0 Å². The quantitative estimate of drug-likeness (QED) is 0.663. The monoisotopic (exact) mass is 312 g/mol. The maximum atomic E-state index is 13.7. The van der Waals surface area contributed by atoms with Crippen LogP contribution in [0.4, 0.5) is 14.5 Å². The fourth-order valence-electron chi connectivity index (χ4n) is 2.38. The number of fused-ring (bicyclic) bond motifs is 1. The van der Waals surface area contributed by atoms with Gasteiger partial charge in [-0.1, -0.05) is 6.07 Å². The predicted octanol–water partition coefficient (Wildman–Crippen LogP) is 4.58. The normalized spacial score (nSPS) is 11.3. The molecule has 2 aromatic carbocycles. The molecule has 3 aromatic rings. The number of ether oxygens (including phenoxy) is 1. The van der Waals surface area contributed by atoms with E-state index in [1.807, 2.05) is 37.3 Å². The van der Waals surface area contributed by atoms with Crippen LogP contribution in [0.5, 0.6) is 5.75 Å². The molecule has 0 aliphatic rings. The van der Waals surface area contributed by atoms with Gasteiger partial charge in [0.15, 0.2) is 11.6 Å². The Morgan fingerprint density at radius 3 is 2.74 bits per heavy atom. The van der Waals surface area contributed by atoms with Crippen molar-refractivity contribution < 1.29 is 13.5 Å². The molecule has 0 bridgehead atoms. The Bertz CT molecular complexity index is 907. The summed E-state index contributed by atoms with van der Waals surface area (Å²) >= 11 is 0. The van der Waals surface area contributed by atoms with Gasteiger partial charge in [0, 0.05) is 28.9 Å². The van der Waals surface area contributed by atoms with Gasteiger partial charge in [-0.05, 0) is 37.3 Å². The highest BCUT2D eigenvalue weighted by atomic mass is 19.1. The topological polar surface area (TPSA) is 34.5 Å². The van der Waals surface area contributed by atoms with Gasteiger partial charge in [-0.2, -0.15) is 0 Å². The molecule has 0 spiro atoms. The molecule has 0 amide bonds. The van der Waals surface area contributed by atoms with Crippen molar-refractivity contribution in [3.8, 4) is 5.75 Å². The predicted molar refractivity (Wildman–Crippen MR) is 86.6 cm³/mol. The third-order valence-electron chi connectivity index (χ3n) is 3.43. The molecule has 0 radical (unpaired) electrons. The van der Waals surface area contributed by atoms with E-state index in [1.165, 1.54) is 19.4 Å². The number of nitrogens with zero attached hydrogens (tertiary/aromatic N) is 2. The highest BCUT2D eigenvalue weighted by molar-refractivity contribution is 5.94. The van der Waals surface area contributed by atoms with Crippen molar-refractivity contribution in [2.24, 2.45) is 4.99 Å². The zero-order chi connectivity index (χ0) is 16.4. The number of aromatic nitrogens is 1. The average Bonchev–Trinajstić information content (AvgIpc) is 2.52. The second kappa shape index (κ2) is 6.12. The fraction of sp³-hybridized carbons (Fsp3) is 0.111. The first-order valence-electron chi connectivity index (χ1n) is 7.02. The molecule has 0 aliphatic carbocycles. The summed E-state index contributed by atoms with van der Waals surface area (Å²) in [5, 5.41) is 0.866. The molecule has 0 saturated carbocycles. The molecule has 0 atom stereocenters. The smallest absolute Gasteiger partial charge is 0.168 e. The third-order valence-corrected chi connectivity index (χ3v) is 3.43. The Balaban J connectivity index is 2.08. The molecule has 0 saturated heterocycles. The van der Waals surface area contributed by atoms with E-state index >= 15 is 0 Å². The van der Waals surface area contributed by atoms with Crippen molar-refractivity contribution in [2.45, 2.75) is 6.92 Å². The summed E-state index contributed by atoms with van der Waals surface area (Å²) in [5.41, 5.74) is 2.63. The van der Waals surface area contributed by atoms with Gasteiger partial charge in [0.25, 0.3) is 0 Å². The number of aliphatic imine (C=N–C) groups is 1. The van der Waals surface area contributed by atoms with E-state index in [2.05, 4.69) is 9.98 Å². The Kier molecular flexibility index (Phi) is 4.02. The van der Waals surface area contributed by atoms with Crippen LogP contribution < -0.4 is 4.74 Å². The highest BCUT2D eigenvalue weighted by Crippen LogP contribution is 2.27. The molecule has 0 N–H and O–H groups in total. The van der Waals surface area contributed by atoms with Crippen LogP contribution in [0.3, 0.4) is 0 Å². The lowest BCUT2D eigenvalue weighted by atomic mass is 10.1. The van der Waals surface area contributed by atoms with Gasteiger partial charge >= 0.3 is 0 Å². The fourth-order valence-corrected chi connectivity index (χ4v) is 2.38. The molecule has 1 aromatic heterocycles. The molecular formula is C18H14F2N2O.